The van der Waals surface area contributed by atoms with Gasteiger partial charge in [0.15, 0.2) is 0 Å². The molecule has 0 aliphatic rings. The summed E-state index contributed by atoms with van der Waals surface area (Å²) in [5, 5.41) is 2.90. The molecule has 78 valence electrons. The number of halogens is 1. The second-order valence-corrected chi connectivity index (χ2v) is 4.69. The third-order valence-electron chi connectivity index (χ3n) is 1.78. The van der Waals surface area contributed by atoms with Crippen LogP contribution in [0.15, 0.2) is 5.51 Å². The predicted octanol–water partition coefficient (Wildman–Crippen LogP) is 2.20. The summed E-state index contributed by atoms with van der Waals surface area (Å²) in [7, 11) is 0. The maximum absolute atomic E-state index is 11.5. The van der Waals surface area contributed by atoms with Crippen LogP contribution >= 0.6 is 22.9 Å². The van der Waals surface area contributed by atoms with E-state index in [4.69, 9.17) is 11.6 Å². The van der Waals surface area contributed by atoms with Crippen molar-refractivity contribution in [2.24, 2.45) is 0 Å². The first kappa shape index (κ1) is 11.5. The lowest BCUT2D eigenvalue weighted by molar-refractivity contribution is 0.0956. The fourth-order valence-electron chi connectivity index (χ4n) is 0.985. The normalized spacial score (nSPS) is 12.5. The van der Waals surface area contributed by atoms with Gasteiger partial charge in [-0.25, -0.2) is 4.98 Å². The average Bonchev–Trinajstić information content (AvgIpc) is 2.50. The average molecular weight is 233 g/mol. The van der Waals surface area contributed by atoms with E-state index < -0.39 is 0 Å². The van der Waals surface area contributed by atoms with E-state index in [-0.39, 0.29) is 11.3 Å². The minimum atomic E-state index is -0.0534. The molecular weight excluding hydrogens is 220 g/mol. The molecule has 1 unspecified atom stereocenters. The number of nitrogens with one attached hydrogen (secondary N) is 1. The standard InChI is InChI=1S/C9H13ClN2OS/c1-6(10)3-4-11-9(13)8-7(2)12-5-14-8/h5-6H,3-4H2,1-2H3,(H,11,13). The van der Waals surface area contributed by atoms with Gasteiger partial charge in [-0.2, -0.15) is 0 Å². The zero-order valence-electron chi connectivity index (χ0n) is 8.21. The molecule has 0 saturated heterocycles. The summed E-state index contributed by atoms with van der Waals surface area (Å²) in [4.78, 5) is 16.2. The molecule has 0 radical (unpaired) electrons. The van der Waals surface area contributed by atoms with Crippen molar-refractivity contribution in [3.8, 4) is 0 Å². The summed E-state index contributed by atoms with van der Waals surface area (Å²) in [6.07, 6.45) is 0.783. The zero-order valence-corrected chi connectivity index (χ0v) is 9.78. The largest absolute Gasteiger partial charge is 0.351 e. The van der Waals surface area contributed by atoms with Crippen molar-refractivity contribution in [3.05, 3.63) is 16.1 Å². The Bertz CT molecular complexity index is 312. The van der Waals surface area contributed by atoms with E-state index >= 15 is 0 Å². The van der Waals surface area contributed by atoms with Crippen molar-refractivity contribution in [1.29, 1.82) is 0 Å². The Kier molecular flexibility index (Phi) is 4.35. The van der Waals surface area contributed by atoms with Crippen LogP contribution in [0.1, 0.15) is 28.7 Å². The number of rotatable bonds is 4. The van der Waals surface area contributed by atoms with Crippen molar-refractivity contribution in [3.63, 3.8) is 0 Å². The number of hydrogen-bond acceptors (Lipinski definition) is 3. The van der Waals surface area contributed by atoms with Crippen LogP contribution in [0.5, 0.6) is 0 Å². The van der Waals surface area contributed by atoms with Gasteiger partial charge in [-0.1, -0.05) is 0 Å². The van der Waals surface area contributed by atoms with Gasteiger partial charge < -0.3 is 5.32 Å². The summed E-state index contributed by atoms with van der Waals surface area (Å²) in [5.41, 5.74) is 2.46. The van der Waals surface area contributed by atoms with E-state index in [1.165, 1.54) is 11.3 Å². The number of alkyl halides is 1. The first-order valence-electron chi connectivity index (χ1n) is 4.43. The van der Waals surface area contributed by atoms with Crippen molar-refractivity contribution in [2.45, 2.75) is 25.6 Å². The maximum atomic E-state index is 11.5. The molecule has 0 spiro atoms. The van der Waals surface area contributed by atoms with E-state index in [1.807, 2.05) is 13.8 Å². The molecule has 0 aromatic carbocycles. The number of thiazole rings is 1. The van der Waals surface area contributed by atoms with E-state index in [1.54, 1.807) is 5.51 Å². The molecule has 1 aromatic heterocycles. The van der Waals surface area contributed by atoms with Gasteiger partial charge in [0.2, 0.25) is 0 Å². The summed E-state index contributed by atoms with van der Waals surface area (Å²) in [6.45, 7) is 4.35. The number of carbonyl (C=O) groups is 1. The van der Waals surface area contributed by atoms with E-state index in [2.05, 4.69) is 10.3 Å². The third kappa shape index (κ3) is 3.27. The summed E-state index contributed by atoms with van der Waals surface area (Å²) < 4.78 is 0. The van der Waals surface area contributed by atoms with Crippen LogP contribution in [0.25, 0.3) is 0 Å². The van der Waals surface area contributed by atoms with Gasteiger partial charge >= 0.3 is 0 Å². The molecule has 1 rings (SSSR count). The lowest BCUT2D eigenvalue weighted by atomic mass is 10.3. The molecule has 3 nitrogen and oxygen atoms in total. The van der Waals surface area contributed by atoms with Crippen LogP contribution < -0.4 is 5.32 Å². The molecule has 0 aliphatic carbocycles. The first-order chi connectivity index (χ1) is 6.61. The quantitative estimate of drug-likeness (QED) is 0.809. The SMILES string of the molecule is Cc1ncsc1C(=O)NCCC(C)Cl. The van der Waals surface area contributed by atoms with Gasteiger partial charge in [-0.15, -0.1) is 22.9 Å². The fraction of sp³-hybridized carbons (Fsp3) is 0.556. The highest BCUT2D eigenvalue weighted by Gasteiger charge is 2.10. The number of carbonyl (C=O) groups excluding carboxylic acids is 1. The minimum absolute atomic E-state index is 0.0534. The highest BCUT2D eigenvalue weighted by molar-refractivity contribution is 7.11. The lowest BCUT2D eigenvalue weighted by Crippen LogP contribution is -2.25. The molecule has 1 amide bonds. The molecule has 0 saturated carbocycles. The molecule has 1 N–H and O–H groups in total. The Morgan fingerprint density at radius 2 is 2.50 bits per heavy atom. The Morgan fingerprint density at radius 1 is 1.79 bits per heavy atom. The molecule has 1 aromatic rings. The van der Waals surface area contributed by atoms with Crippen LogP contribution in [0, 0.1) is 6.92 Å². The summed E-state index contributed by atoms with van der Waals surface area (Å²) in [6, 6.07) is 0. The van der Waals surface area contributed by atoms with Crippen LogP contribution in [-0.2, 0) is 0 Å². The number of nitrogens with zero attached hydrogens (tertiary/aromatic N) is 1. The zero-order chi connectivity index (χ0) is 10.6. The highest BCUT2D eigenvalue weighted by atomic mass is 35.5. The molecule has 0 aliphatic heterocycles. The van der Waals surface area contributed by atoms with Gasteiger partial charge in [0, 0.05) is 11.9 Å². The number of aromatic nitrogens is 1. The molecule has 1 atom stereocenters. The van der Waals surface area contributed by atoms with E-state index in [0.717, 1.165) is 12.1 Å². The topological polar surface area (TPSA) is 42.0 Å². The number of hydrogen-bond donors (Lipinski definition) is 1. The van der Waals surface area contributed by atoms with Gasteiger partial charge in [0.25, 0.3) is 5.91 Å². The van der Waals surface area contributed by atoms with Crippen LogP contribution in [0.2, 0.25) is 0 Å². The fourth-order valence-corrected chi connectivity index (χ4v) is 1.81. The Hall–Kier alpha value is -0.610. The maximum Gasteiger partial charge on any atom is 0.263 e. The highest BCUT2D eigenvalue weighted by Crippen LogP contribution is 2.11. The third-order valence-corrected chi connectivity index (χ3v) is 2.92. The lowest BCUT2D eigenvalue weighted by Gasteiger charge is -2.04. The van der Waals surface area contributed by atoms with Gasteiger partial charge in [0.05, 0.1) is 11.2 Å². The second kappa shape index (κ2) is 5.32. The summed E-state index contributed by atoms with van der Waals surface area (Å²) in [5.74, 6) is -0.0534. The summed E-state index contributed by atoms with van der Waals surface area (Å²) >= 11 is 7.12. The first-order valence-corrected chi connectivity index (χ1v) is 5.75. The van der Waals surface area contributed by atoms with Crippen molar-refractivity contribution in [2.75, 3.05) is 6.54 Å². The monoisotopic (exact) mass is 232 g/mol. The molecule has 0 fully saturated rings. The Morgan fingerprint density at radius 3 is 3.00 bits per heavy atom. The Balaban J connectivity index is 2.40. The molecule has 14 heavy (non-hydrogen) atoms. The number of amides is 1. The Labute approximate surface area is 92.5 Å². The molecule has 0 bridgehead atoms. The van der Waals surface area contributed by atoms with Crippen molar-refractivity contribution in [1.82, 2.24) is 10.3 Å². The predicted molar refractivity (Wildman–Crippen MR) is 59.1 cm³/mol. The van der Waals surface area contributed by atoms with Crippen LogP contribution in [-0.4, -0.2) is 22.8 Å². The van der Waals surface area contributed by atoms with Crippen molar-refractivity contribution < 1.29 is 4.79 Å². The molecule has 5 heteroatoms. The number of aryl methyl sites for hydroxylation is 1. The van der Waals surface area contributed by atoms with Crippen LogP contribution in [0.3, 0.4) is 0 Å². The van der Waals surface area contributed by atoms with E-state index in [0.29, 0.717) is 11.4 Å². The van der Waals surface area contributed by atoms with Gasteiger partial charge in [-0.3, -0.25) is 4.79 Å². The second-order valence-electron chi connectivity index (χ2n) is 3.09. The van der Waals surface area contributed by atoms with Gasteiger partial charge in [0.1, 0.15) is 4.88 Å². The molecule has 1 heterocycles. The van der Waals surface area contributed by atoms with Crippen LogP contribution in [0.4, 0.5) is 0 Å². The van der Waals surface area contributed by atoms with E-state index in [9.17, 15) is 4.79 Å². The molecular formula is C9H13ClN2OS. The van der Waals surface area contributed by atoms with Gasteiger partial charge in [-0.05, 0) is 20.3 Å². The smallest absolute Gasteiger partial charge is 0.263 e. The van der Waals surface area contributed by atoms with Crippen molar-refractivity contribution >= 4 is 28.8 Å². The minimum Gasteiger partial charge on any atom is -0.351 e.